The van der Waals surface area contributed by atoms with E-state index in [0.29, 0.717) is 71.8 Å². The molecule has 0 radical (unpaired) electrons. The van der Waals surface area contributed by atoms with E-state index in [1.807, 2.05) is 16.9 Å². The summed E-state index contributed by atoms with van der Waals surface area (Å²) in [5, 5.41) is 91.4. The highest BCUT2D eigenvalue weighted by Gasteiger charge is 2.47. The predicted molar refractivity (Wildman–Crippen MR) is 321 cm³/mol. The maximum absolute atomic E-state index is 15.6. The first-order chi connectivity index (χ1) is 38.3. The third kappa shape index (κ3) is 9.68. The van der Waals surface area contributed by atoms with Crippen LogP contribution in [0.25, 0.3) is 44.2 Å². The lowest BCUT2D eigenvalue weighted by Crippen LogP contribution is -2.39. The van der Waals surface area contributed by atoms with Gasteiger partial charge in [-0.15, -0.1) is 0 Å². The molecular weight excluding hydrogens is 1070 g/mol. The first kappa shape index (κ1) is 54.2. The van der Waals surface area contributed by atoms with E-state index in [0.717, 1.165) is 109 Å². The molecule has 0 unspecified atom stereocenters. The number of phenols is 2. The van der Waals surface area contributed by atoms with Crippen molar-refractivity contribution >= 4 is 64.9 Å². The molecule has 5 aromatic carbocycles. The van der Waals surface area contributed by atoms with Crippen LogP contribution in [0.3, 0.4) is 0 Å². The lowest BCUT2D eigenvalue weighted by molar-refractivity contribution is -0.0101. The van der Waals surface area contributed by atoms with Gasteiger partial charge >= 0.3 is 0 Å². The molecule has 1 saturated carbocycles. The summed E-state index contributed by atoms with van der Waals surface area (Å²) >= 11 is 0. The van der Waals surface area contributed by atoms with Gasteiger partial charge in [0.2, 0.25) is 11.2 Å². The van der Waals surface area contributed by atoms with Gasteiger partial charge in [-0.05, 0) is 174 Å². The summed E-state index contributed by atoms with van der Waals surface area (Å²) in [6.07, 6.45) is 9.03. The number of phenolic OH excluding ortho intramolecular Hbond substituents is 2. The Morgan fingerprint density at radius 1 is 0.848 bits per heavy atom. The van der Waals surface area contributed by atoms with Crippen molar-refractivity contribution in [3.05, 3.63) is 115 Å². The zero-order valence-corrected chi connectivity index (χ0v) is 48.4. The number of fused-ring (bicyclic) bond motifs is 12. The molecule has 3 fully saturated rings. The van der Waals surface area contributed by atoms with Crippen LogP contribution in [0.1, 0.15) is 171 Å². The number of hydrogen-bond acceptors (Lipinski definition) is 15. The fourth-order valence-corrected chi connectivity index (χ4v) is 21.0. The zero-order chi connectivity index (χ0) is 54.4. The minimum absolute atomic E-state index is 0.00223. The van der Waals surface area contributed by atoms with Gasteiger partial charge < -0.3 is 50.2 Å². The highest BCUT2D eigenvalue weighted by Crippen LogP contribution is 2.62. The van der Waals surface area contributed by atoms with Gasteiger partial charge in [0.25, 0.3) is 0 Å². The Morgan fingerprint density at radius 3 is 2.52 bits per heavy atom. The standard InChI is InChI=1S/C64H73NO10S4/c1-32(2)23-37-27-42(45-31-77-78-50-12-7-20-65-56(50)36-10-6-9-33(24-36)25-41(45)57(37)69)61-60(72)59(71)55-49(75-61)30-47(68)53-43-28-40-38(16-21-66)34(15-19-64(73)17-4-3-5-18-64)26-35-13-14-39-54(51(35)40)52(43)44-29-48(74-62(53)55)46(67)11-8-22-76-79-63(39)58(44)70/h6,9-10,13-14,24,27-28,30,32,34,38,44,46,48,50,56,58,63,65-70,72-73H,3-5,7-8,11-12,15-23,25-26,29,31H2,1-2H3/t34-,38-,44+,46-,48+,50-,56+,58+,63-/m0/s1. The van der Waals surface area contributed by atoms with Crippen LogP contribution in [0.2, 0.25) is 0 Å². The fraction of sp³-hybridized carbons (Fsp3) is 0.516. The lowest BCUT2D eigenvalue weighted by Gasteiger charge is -2.44. The molecule has 9 atom stereocenters. The molecular formula is C64H73NO10S4. The van der Waals surface area contributed by atoms with E-state index in [1.165, 1.54) is 17.2 Å². The van der Waals surface area contributed by atoms with Gasteiger partial charge in [-0.2, -0.15) is 0 Å². The minimum atomic E-state index is -1.000. The molecule has 3 aliphatic carbocycles. The number of aromatic hydroxyl groups is 3. The zero-order valence-electron chi connectivity index (χ0n) is 45.1. The summed E-state index contributed by atoms with van der Waals surface area (Å²) in [6, 6.07) is 18.6. The van der Waals surface area contributed by atoms with Crippen LogP contribution in [0.15, 0.2) is 63.8 Å². The average Bonchev–Trinajstić information content (AvgIpc) is 3.65. The first-order valence-corrected chi connectivity index (χ1v) is 33.9. The van der Waals surface area contributed by atoms with Crippen molar-refractivity contribution in [2.75, 3.05) is 18.9 Å². The summed E-state index contributed by atoms with van der Waals surface area (Å²) in [5.41, 5.74) is 8.29. The molecule has 6 aromatic rings. The van der Waals surface area contributed by atoms with Crippen molar-refractivity contribution in [2.45, 2.75) is 175 Å². The second kappa shape index (κ2) is 21.9. The lowest BCUT2D eigenvalue weighted by atomic mass is 9.65. The fourth-order valence-electron chi connectivity index (χ4n) is 15.1. The average molecular weight is 1140 g/mol. The number of nitrogens with one attached hydrogen (secondary N) is 1. The summed E-state index contributed by atoms with van der Waals surface area (Å²) in [5.74, 6) is 0.107. The van der Waals surface area contributed by atoms with E-state index >= 15 is 4.79 Å². The SMILES string of the molecule is CC(C)Cc1cc(-c2oc3cc(O)c4c(c3c(=O)c2O)O[C@@H]2C[C@@H]3c5c-4cc4c6c(ccc(c56)[C@H](SSCCC[C@@H]2O)[C@@H]3O)C[C@H](CCC2(O)CCCCC2)[C@@H]4CCO)c2c(c1O)Cc1cccc(c1)[C@H]1NCCC[C@@H]1SSC2. The summed E-state index contributed by atoms with van der Waals surface area (Å²) in [4.78, 5) is 15.6. The quantitative estimate of drug-likeness (QED) is 0.0671. The van der Waals surface area contributed by atoms with Gasteiger partial charge in [-0.1, -0.05) is 113 Å². The van der Waals surface area contributed by atoms with Crippen LogP contribution in [0, 0.1) is 11.8 Å². The number of benzene rings is 5. The molecule has 5 heterocycles. The number of aliphatic hydroxyl groups is 4. The van der Waals surface area contributed by atoms with E-state index in [1.54, 1.807) is 32.4 Å². The highest BCUT2D eigenvalue weighted by molar-refractivity contribution is 8.77. The third-order valence-corrected chi connectivity index (χ3v) is 24.6. The van der Waals surface area contributed by atoms with Crippen molar-refractivity contribution in [1.82, 2.24) is 5.32 Å². The Labute approximate surface area is 477 Å². The molecule has 4 aliphatic heterocycles. The number of ether oxygens (including phenoxy) is 1. The minimum Gasteiger partial charge on any atom is -0.507 e. The molecule has 2 saturated heterocycles. The summed E-state index contributed by atoms with van der Waals surface area (Å²) in [7, 11) is 6.89. The van der Waals surface area contributed by atoms with Crippen LogP contribution < -0.4 is 15.5 Å². The molecule has 15 heteroatoms. The van der Waals surface area contributed by atoms with E-state index in [4.69, 9.17) is 9.15 Å². The van der Waals surface area contributed by atoms with Crippen LogP contribution in [-0.4, -0.2) is 83.8 Å². The molecule has 0 amide bonds. The Morgan fingerprint density at radius 2 is 1.70 bits per heavy atom. The molecule has 0 spiro atoms. The van der Waals surface area contributed by atoms with Crippen LogP contribution in [-0.2, 0) is 25.0 Å². The number of hydrogen-bond donors (Lipinski definition) is 8. The van der Waals surface area contributed by atoms with Crippen molar-refractivity contribution in [1.29, 1.82) is 0 Å². The Bertz CT molecular complexity index is 3410. The number of piperidine rings is 1. The van der Waals surface area contributed by atoms with Crippen molar-refractivity contribution in [3.8, 4) is 45.4 Å². The van der Waals surface area contributed by atoms with Crippen LogP contribution >= 0.6 is 43.2 Å². The summed E-state index contributed by atoms with van der Waals surface area (Å²) in [6.45, 7) is 5.08. The molecule has 13 rings (SSSR count). The van der Waals surface area contributed by atoms with Crippen molar-refractivity contribution in [2.24, 2.45) is 11.8 Å². The van der Waals surface area contributed by atoms with Gasteiger partial charge in [-0.25, -0.2) is 0 Å². The van der Waals surface area contributed by atoms with Gasteiger partial charge in [-0.3, -0.25) is 4.79 Å². The predicted octanol–water partition coefficient (Wildman–Crippen LogP) is 13.2. The molecule has 7 aliphatic rings. The van der Waals surface area contributed by atoms with Crippen molar-refractivity contribution in [3.63, 3.8) is 0 Å². The second-order valence-electron chi connectivity index (χ2n) is 24.4. The van der Waals surface area contributed by atoms with E-state index in [-0.39, 0.29) is 81.6 Å². The Kier molecular flexibility index (Phi) is 15.1. The maximum Gasteiger partial charge on any atom is 0.238 e. The molecule has 5 bridgehead atoms. The molecule has 8 N–H and O–H groups in total. The summed E-state index contributed by atoms with van der Waals surface area (Å²) < 4.78 is 14.0. The van der Waals surface area contributed by atoms with Gasteiger partial charge in [0.05, 0.1) is 28.6 Å². The van der Waals surface area contributed by atoms with Gasteiger partial charge in [0.15, 0.2) is 5.76 Å². The van der Waals surface area contributed by atoms with Crippen LogP contribution in [0.4, 0.5) is 0 Å². The topological polar surface area (TPSA) is 193 Å². The normalized spacial score (nSPS) is 27.3. The van der Waals surface area contributed by atoms with Gasteiger partial charge in [0, 0.05) is 58.9 Å². The van der Waals surface area contributed by atoms with E-state index < -0.39 is 41.0 Å². The first-order valence-electron chi connectivity index (χ1n) is 29.1. The molecule has 79 heavy (non-hydrogen) atoms. The molecule has 1 aromatic heterocycles. The van der Waals surface area contributed by atoms with Crippen molar-refractivity contribution < 1.29 is 44.9 Å². The Hall–Kier alpha value is -4.03. The third-order valence-electron chi connectivity index (χ3n) is 18.9. The number of rotatable bonds is 8. The monoisotopic (exact) mass is 1140 g/mol. The highest BCUT2D eigenvalue weighted by atomic mass is 33.1. The number of aliphatic hydroxyl groups excluding tert-OH is 3. The van der Waals surface area contributed by atoms with Gasteiger partial charge in [0.1, 0.15) is 34.3 Å². The van der Waals surface area contributed by atoms with E-state index in [2.05, 4.69) is 61.6 Å². The largest absolute Gasteiger partial charge is 0.507 e. The smallest absolute Gasteiger partial charge is 0.238 e. The molecule has 11 nitrogen and oxygen atoms in total. The Balaban J connectivity index is 1.03. The van der Waals surface area contributed by atoms with E-state index in [9.17, 15) is 35.7 Å². The maximum atomic E-state index is 15.6. The second-order valence-corrected chi connectivity index (χ2v) is 29.6. The van der Waals surface area contributed by atoms with Crippen LogP contribution in [0.5, 0.6) is 23.0 Å². The molecule has 418 valence electrons.